The Morgan fingerprint density at radius 2 is 1.86 bits per heavy atom. The van der Waals surface area contributed by atoms with E-state index in [4.69, 9.17) is 10.5 Å². The molecule has 3 heterocycles. The van der Waals surface area contributed by atoms with Crippen molar-refractivity contribution in [2.45, 2.75) is 58.6 Å². The Kier molecular flexibility index (Phi) is 5.79. The van der Waals surface area contributed by atoms with Crippen LogP contribution in [0, 0.1) is 26.7 Å². The summed E-state index contributed by atoms with van der Waals surface area (Å²) in [5, 5.41) is 0. The molecule has 5 nitrogen and oxygen atoms in total. The van der Waals surface area contributed by atoms with E-state index in [-0.39, 0.29) is 18.1 Å². The highest BCUT2D eigenvalue weighted by Crippen LogP contribution is 2.30. The van der Waals surface area contributed by atoms with Gasteiger partial charge in [0.2, 0.25) is 0 Å². The molecule has 5 heteroatoms. The molecule has 2 atom stereocenters. The molecule has 4 rings (SSSR count). The Balaban J connectivity index is 1.48. The molecule has 156 valence electrons. The van der Waals surface area contributed by atoms with Crippen LogP contribution >= 0.6 is 0 Å². The topological polar surface area (TPSA) is 60.5 Å². The molecule has 1 aromatic carbocycles. The van der Waals surface area contributed by atoms with Gasteiger partial charge < -0.3 is 19.9 Å². The number of rotatable bonds is 3. The molecule has 0 radical (unpaired) electrons. The number of carbonyl (C=O) groups excluding carboxylic acids is 1. The van der Waals surface area contributed by atoms with Crippen LogP contribution in [0.2, 0.25) is 0 Å². The summed E-state index contributed by atoms with van der Waals surface area (Å²) in [6.07, 6.45) is 4.22. The molecule has 29 heavy (non-hydrogen) atoms. The van der Waals surface area contributed by atoms with Crippen LogP contribution in [-0.2, 0) is 4.74 Å². The number of aryl methyl sites for hydroxylation is 2. The zero-order valence-corrected chi connectivity index (χ0v) is 17.9. The number of aromatic nitrogens is 1. The first-order valence-electron chi connectivity index (χ1n) is 10.9. The average Bonchev–Trinajstić information content (AvgIpc) is 3.02. The van der Waals surface area contributed by atoms with E-state index in [9.17, 15) is 4.79 Å². The largest absolute Gasteiger partial charge is 0.376 e. The first-order chi connectivity index (χ1) is 14.0. The van der Waals surface area contributed by atoms with Crippen molar-refractivity contribution >= 4 is 5.91 Å². The van der Waals surface area contributed by atoms with Crippen molar-refractivity contribution in [1.29, 1.82) is 0 Å². The van der Waals surface area contributed by atoms with E-state index in [1.165, 1.54) is 5.56 Å². The number of hydrogen-bond donors (Lipinski definition) is 1. The summed E-state index contributed by atoms with van der Waals surface area (Å²) in [5.74, 6) is 0.610. The molecule has 0 bridgehead atoms. The molecule has 1 amide bonds. The number of benzene rings is 1. The molecular weight excluding hydrogens is 362 g/mol. The molecule has 2 saturated heterocycles. The molecule has 1 aromatic heterocycles. The lowest BCUT2D eigenvalue weighted by molar-refractivity contribution is -0.0480. The van der Waals surface area contributed by atoms with E-state index in [0.717, 1.165) is 68.0 Å². The third-order valence-electron chi connectivity index (χ3n) is 6.63. The Morgan fingerprint density at radius 3 is 2.55 bits per heavy atom. The number of amides is 1. The van der Waals surface area contributed by atoms with Crippen LogP contribution in [0.1, 0.15) is 53.0 Å². The van der Waals surface area contributed by atoms with E-state index >= 15 is 0 Å². The fraction of sp³-hybridized carbons (Fsp3) is 0.542. The molecule has 2 fully saturated rings. The first-order valence-corrected chi connectivity index (χ1v) is 10.9. The normalized spacial score (nSPS) is 23.4. The van der Waals surface area contributed by atoms with Crippen LogP contribution < -0.4 is 5.73 Å². The highest BCUT2D eigenvalue weighted by Gasteiger charge is 2.34. The van der Waals surface area contributed by atoms with E-state index in [1.807, 2.05) is 17.9 Å². The van der Waals surface area contributed by atoms with Gasteiger partial charge in [0.15, 0.2) is 0 Å². The van der Waals surface area contributed by atoms with Gasteiger partial charge in [0.25, 0.3) is 5.91 Å². The number of nitrogens with two attached hydrogens (primary N) is 1. The van der Waals surface area contributed by atoms with Gasteiger partial charge in [-0.3, -0.25) is 4.79 Å². The molecule has 2 aliphatic heterocycles. The summed E-state index contributed by atoms with van der Waals surface area (Å²) >= 11 is 0. The molecule has 0 spiro atoms. The lowest BCUT2D eigenvalue weighted by atomic mass is 9.85. The number of hydrogen-bond acceptors (Lipinski definition) is 3. The second-order valence-electron chi connectivity index (χ2n) is 8.73. The van der Waals surface area contributed by atoms with Gasteiger partial charge in [-0.05, 0) is 76.1 Å². The van der Waals surface area contributed by atoms with E-state index < -0.39 is 0 Å². The third kappa shape index (κ3) is 3.99. The van der Waals surface area contributed by atoms with Gasteiger partial charge in [-0.25, -0.2) is 0 Å². The zero-order valence-electron chi connectivity index (χ0n) is 17.9. The van der Waals surface area contributed by atoms with Crippen LogP contribution in [0.5, 0.6) is 0 Å². The van der Waals surface area contributed by atoms with Crippen molar-refractivity contribution in [1.82, 2.24) is 9.47 Å². The van der Waals surface area contributed by atoms with Crippen molar-refractivity contribution in [3.8, 4) is 5.69 Å². The molecule has 2 aliphatic rings. The van der Waals surface area contributed by atoms with Gasteiger partial charge in [-0.15, -0.1) is 0 Å². The second kappa shape index (κ2) is 8.33. The molecule has 2 unspecified atom stereocenters. The molecule has 0 aliphatic carbocycles. The molecule has 0 saturated carbocycles. The summed E-state index contributed by atoms with van der Waals surface area (Å²) in [7, 11) is 0. The summed E-state index contributed by atoms with van der Waals surface area (Å²) in [5.41, 5.74) is 11.5. The van der Waals surface area contributed by atoms with Crippen molar-refractivity contribution in [3.05, 3.63) is 52.8 Å². The van der Waals surface area contributed by atoms with Gasteiger partial charge >= 0.3 is 0 Å². The van der Waals surface area contributed by atoms with Gasteiger partial charge in [-0.1, -0.05) is 12.1 Å². The Labute approximate surface area is 173 Å². The predicted octanol–water partition coefficient (Wildman–Crippen LogP) is 3.76. The third-order valence-corrected chi connectivity index (χ3v) is 6.63. The Hall–Kier alpha value is -2.11. The van der Waals surface area contributed by atoms with Crippen molar-refractivity contribution in [2.24, 2.45) is 11.7 Å². The Bertz CT molecular complexity index is 880. The predicted molar refractivity (Wildman–Crippen MR) is 116 cm³/mol. The lowest BCUT2D eigenvalue weighted by Gasteiger charge is -2.40. The van der Waals surface area contributed by atoms with Gasteiger partial charge in [0.05, 0.1) is 11.7 Å². The van der Waals surface area contributed by atoms with E-state index in [2.05, 4.69) is 42.7 Å². The quantitative estimate of drug-likeness (QED) is 0.861. The minimum Gasteiger partial charge on any atom is -0.376 e. The second-order valence-corrected chi connectivity index (χ2v) is 8.73. The SMILES string of the molecule is Cc1cccc(-n2c(C)cc(C(=O)N3CCC(C4OCCCC4N)CC3)c2C)c1. The van der Waals surface area contributed by atoms with Crippen molar-refractivity contribution in [2.75, 3.05) is 19.7 Å². The number of carbonyl (C=O) groups is 1. The van der Waals surface area contributed by atoms with Gasteiger partial charge in [-0.2, -0.15) is 0 Å². The van der Waals surface area contributed by atoms with Crippen LogP contribution in [0.15, 0.2) is 30.3 Å². The van der Waals surface area contributed by atoms with Crippen LogP contribution in [-0.4, -0.2) is 47.2 Å². The molecule has 2 N–H and O–H groups in total. The lowest BCUT2D eigenvalue weighted by Crippen LogP contribution is -2.49. The van der Waals surface area contributed by atoms with Gasteiger partial charge in [0, 0.05) is 42.8 Å². The summed E-state index contributed by atoms with van der Waals surface area (Å²) in [6, 6.07) is 10.6. The maximum absolute atomic E-state index is 13.3. The smallest absolute Gasteiger partial charge is 0.255 e. The summed E-state index contributed by atoms with van der Waals surface area (Å²) in [4.78, 5) is 15.3. The van der Waals surface area contributed by atoms with E-state index in [0.29, 0.717) is 5.92 Å². The zero-order chi connectivity index (χ0) is 20.5. The van der Waals surface area contributed by atoms with Crippen molar-refractivity contribution in [3.63, 3.8) is 0 Å². The highest BCUT2D eigenvalue weighted by atomic mass is 16.5. The molecular formula is C24H33N3O2. The number of piperidine rings is 1. The summed E-state index contributed by atoms with van der Waals surface area (Å²) in [6.45, 7) is 8.59. The minimum absolute atomic E-state index is 0.143. The number of likely N-dealkylation sites (tertiary alicyclic amines) is 1. The first kappa shape index (κ1) is 20.2. The summed E-state index contributed by atoms with van der Waals surface area (Å²) < 4.78 is 8.16. The average molecular weight is 396 g/mol. The van der Waals surface area contributed by atoms with Crippen LogP contribution in [0.4, 0.5) is 0 Å². The molecule has 2 aromatic rings. The maximum Gasteiger partial charge on any atom is 0.255 e. The van der Waals surface area contributed by atoms with Crippen LogP contribution in [0.3, 0.4) is 0 Å². The fourth-order valence-electron chi connectivity index (χ4n) is 5.06. The highest BCUT2D eigenvalue weighted by molar-refractivity contribution is 5.96. The number of nitrogens with zero attached hydrogens (tertiary/aromatic N) is 2. The monoisotopic (exact) mass is 395 g/mol. The van der Waals surface area contributed by atoms with Gasteiger partial charge in [0.1, 0.15) is 0 Å². The Morgan fingerprint density at radius 1 is 1.10 bits per heavy atom. The standard InChI is InChI=1S/C24H33N3O2/c1-16-6-4-7-20(14-16)27-17(2)15-21(18(27)3)24(28)26-11-9-19(10-12-26)23-22(25)8-5-13-29-23/h4,6-7,14-15,19,22-23H,5,8-13,25H2,1-3H3. The van der Waals surface area contributed by atoms with Crippen molar-refractivity contribution < 1.29 is 9.53 Å². The maximum atomic E-state index is 13.3. The van der Waals surface area contributed by atoms with E-state index in [1.54, 1.807) is 0 Å². The fourth-order valence-corrected chi connectivity index (χ4v) is 5.06. The number of ether oxygens (including phenoxy) is 1. The van der Waals surface area contributed by atoms with Crippen LogP contribution in [0.25, 0.3) is 5.69 Å². The minimum atomic E-state index is 0.143.